The molecule has 0 amide bonds. The van der Waals surface area contributed by atoms with E-state index in [-0.39, 0.29) is 0 Å². The first kappa shape index (κ1) is 13.5. The maximum atomic E-state index is 11.1. The lowest BCUT2D eigenvalue weighted by molar-refractivity contribution is -0.147. The molecule has 0 aromatic heterocycles. The Morgan fingerprint density at radius 1 is 1.38 bits per heavy atom. The van der Waals surface area contributed by atoms with E-state index in [0.29, 0.717) is 12.0 Å². The Hall–Kier alpha value is -0.570. The van der Waals surface area contributed by atoms with Crippen molar-refractivity contribution < 1.29 is 9.90 Å². The second kappa shape index (κ2) is 5.67. The molecule has 0 aliphatic heterocycles. The third-order valence-corrected chi connectivity index (χ3v) is 3.90. The zero-order valence-electron chi connectivity index (χ0n) is 10.8. The topological polar surface area (TPSA) is 49.3 Å². The van der Waals surface area contributed by atoms with E-state index >= 15 is 0 Å². The Bertz CT molecular complexity index is 232. The molecule has 1 rings (SSSR count). The van der Waals surface area contributed by atoms with E-state index in [0.717, 1.165) is 6.42 Å². The summed E-state index contributed by atoms with van der Waals surface area (Å²) in [5, 5.41) is 12.5. The van der Waals surface area contributed by atoms with Crippen LogP contribution in [0.1, 0.15) is 52.4 Å². The van der Waals surface area contributed by atoms with Gasteiger partial charge < -0.3 is 10.4 Å². The molecular formula is C13H25NO2. The lowest BCUT2D eigenvalue weighted by Gasteiger charge is -2.34. The minimum Gasteiger partial charge on any atom is -0.481 e. The zero-order chi connectivity index (χ0) is 12.2. The van der Waals surface area contributed by atoms with Gasteiger partial charge in [-0.25, -0.2) is 0 Å². The molecule has 0 aromatic rings. The van der Waals surface area contributed by atoms with Crippen LogP contribution in [0.3, 0.4) is 0 Å². The first-order valence-electron chi connectivity index (χ1n) is 6.38. The van der Waals surface area contributed by atoms with Gasteiger partial charge >= 0.3 is 5.97 Å². The number of hydrogen-bond donors (Lipinski definition) is 2. The summed E-state index contributed by atoms with van der Waals surface area (Å²) >= 11 is 0. The van der Waals surface area contributed by atoms with Crippen molar-refractivity contribution >= 4 is 5.97 Å². The van der Waals surface area contributed by atoms with Crippen molar-refractivity contribution in [3.05, 3.63) is 0 Å². The van der Waals surface area contributed by atoms with E-state index in [1.807, 2.05) is 20.9 Å². The number of carboxylic acids is 1. The third kappa shape index (κ3) is 3.48. The van der Waals surface area contributed by atoms with Gasteiger partial charge in [-0.3, -0.25) is 4.79 Å². The molecule has 1 saturated carbocycles. The minimum absolute atomic E-state index is 0.353. The second-order valence-corrected chi connectivity index (χ2v) is 5.69. The van der Waals surface area contributed by atoms with Gasteiger partial charge in [0.2, 0.25) is 0 Å². The van der Waals surface area contributed by atoms with Crippen LogP contribution in [0.4, 0.5) is 0 Å². The first-order chi connectivity index (χ1) is 7.47. The summed E-state index contributed by atoms with van der Waals surface area (Å²) in [6, 6.07) is 0.353. The largest absolute Gasteiger partial charge is 0.481 e. The fraction of sp³-hybridized carbons (Fsp3) is 0.923. The summed E-state index contributed by atoms with van der Waals surface area (Å²) in [5.74, 6) is -0.0269. The number of carbonyl (C=O) groups is 1. The Morgan fingerprint density at radius 3 is 2.38 bits per heavy atom. The summed E-state index contributed by atoms with van der Waals surface area (Å²) in [7, 11) is 1.96. The van der Waals surface area contributed by atoms with Crippen molar-refractivity contribution in [1.82, 2.24) is 5.32 Å². The van der Waals surface area contributed by atoms with Crippen LogP contribution in [0.5, 0.6) is 0 Å². The van der Waals surface area contributed by atoms with Gasteiger partial charge in [-0.2, -0.15) is 0 Å². The first-order valence-corrected chi connectivity index (χ1v) is 6.38. The Morgan fingerprint density at radius 2 is 1.94 bits per heavy atom. The van der Waals surface area contributed by atoms with Gasteiger partial charge in [-0.15, -0.1) is 0 Å². The molecule has 1 aliphatic carbocycles. The molecule has 3 heteroatoms. The molecule has 94 valence electrons. The number of rotatable bonds is 5. The number of carboxylic acid groups (broad SMARTS) is 1. The molecule has 0 heterocycles. The van der Waals surface area contributed by atoms with Crippen LogP contribution in [0.25, 0.3) is 0 Å². The molecule has 2 N–H and O–H groups in total. The van der Waals surface area contributed by atoms with E-state index in [2.05, 4.69) is 5.32 Å². The normalized spacial score (nSPS) is 20.7. The summed E-state index contributed by atoms with van der Waals surface area (Å²) in [6.07, 6.45) is 7.17. The highest BCUT2D eigenvalue weighted by molar-refractivity contribution is 5.73. The molecule has 1 unspecified atom stereocenters. The predicted octanol–water partition coefficient (Wildman–Crippen LogP) is 2.66. The third-order valence-electron chi connectivity index (χ3n) is 3.90. The minimum atomic E-state index is -0.691. The second-order valence-electron chi connectivity index (χ2n) is 5.69. The Balaban J connectivity index is 2.56. The van der Waals surface area contributed by atoms with Crippen LogP contribution in [0.2, 0.25) is 0 Å². The highest BCUT2D eigenvalue weighted by Gasteiger charge is 2.33. The number of aliphatic carboxylic acids is 1. The molecule has 0 spiro atoms. The van der Waals surface area contributed by atoms with Crippen LogP contribution in [0, 0.1) is 11.3 Å². The van der Waals surface area contributed by atoms with Crippen molar-refractivity contribution in [3.8, 4) is 0 Å². The molecule has 0 radical (unpaired) electrons. The molecule has 0 bridgehead atoms. The maximum Gasteiger partial charge on any atom is 0.309 e. The Kier molecular flexibility index (Phi) is 4.78. The monoisotopic (exact) mass is 227 g/mol. The Labute approximate surface area is 98.6 Å². The highest BCUT2D eigenvalue weighted by Crippen LogP contribution is 2.32. The lowest BCUT2D eigenvalue weighted by atomic mass is 9.76. The molecule has 1 aliphatic rings. The predicted molar refractivity (Wildman–Crippen MR) is 65.5 cm³/mol. The standard InChI is InChI=1S/C13H25NO2/c1-13(2,12(15)16)9-11(14-3)10-7-5-4-6-8-10/h10-11,14H,4-9H2,1-3H3,(H,15,16). The molecule has 0 aromatic carbocycles. The average Bonchev–Trinajstić information content (AvgIpc) is 2.27. The molecule has 1 fully saturated rings. The van der Waals surface area contributed by atoms with Crippen LogP contribution < -0.4 is 5.32 Å². The van der Waals surface area contributed by atoms with Gasteiger partial charge in [0.25, 0.3) is 0 Å². The van der Waals surface area contributed by atoms with Gasteiger partial charge in [0.15, 0.2) is 0 Å². The zero-order valence-corrected chi connectivity index (χ0v) is 10.8. The van der Waals surface area contributed by atoms with Gasteiger partial charge in [-0.1, -0.05) is 19.3 Å². The van der Waals surface area contributed by atoms with Crippen LogP contribution in [-0.2, 0) is 4.79 Å². The van der Waals surface area contributed by atoms with Gasteiger partial charge in [0, 0.05) is 6.04 Å². The summed E-state index contributed by atoms with van der Waals surface area (Å²) in [5.41, 5.74) is -0.620. The van der Waals surface area contributed by atoms with Crippen molar-refractivity contribution in [2.24, 2.45) is 11.3 Å². The van der Waals surface area contributed by atoms with Gasteiger partial charge in [-0.05, 0) is 46.1 Å². The van der Waals surface area contributed by atoms with Crippen LogP contribution in [0.15, 0.2) is 0 Å². The van der Waals surface area contributed by atoms with E-state index in [1.54, 1.807) is 0 Å². The molecule has 3 nitrogen and oxygen atoms in total. The maximum absolute atomic E-state index is 11.1. The van der Waals surface area contributed by atoms with Gasteiger partial charge in [0.05, 0.1) is 5.41 Å². The van der Waals surface area contributed by atoms with Crippen LogP contribution in [-0.4, -0.2) is 24.2 Å². The number of hydrogen-bond acceptors (Lipinski definition) is 2. The lowest BCUT2D eigenvalue weighted by Crippen LogP contribution is -2.40. The fourth-order valence-electron chi connectivity index (χ4n) is 2.68. The van der Waals surface area contributed by atoms with Crippen molar-refractivity contribution in [2.75, 3.05) is 7.05 Å². The smallest absolute Gasteiger partial charge is 0.309 e. The SMILES string of the molecule is CNC(CC(C)(C)C(=O)O)C1CCCCC1. The van der Waals surface area contributed by atoms with Crippen LogP contribution >= 0.6 is 0 Å². The fourth-order valence-corrected chi connectivity index (χ4v) is 2.68. The summed E-state index contributed by atoms with van der Waals surface area (Å²) in [4.78, 5) is 11.1. The van der Waals surface area contributed by atoms with E-state index in [1.165, 1.54) is 32.1 Å². The van der Waals surface area contributed by atoms with Crippen molar-refractivity contribution in [2.45, 2.75) is 58.4 Å². The van der Waals surface area contributed by atoms with Crippen molar-refractivity contribution in [3.63, 3.8) is 0 Å². The summed E-state index contributed by atoms with van der Waals surface area (Å²) < 4.78 is 0. The van der Waals surface area contributed by atoms with E-state index in [9.17, 15) is 4.79 Å². The summed E-state index contributed by atoms with van der Waals surface area (Å²) in [6.45, 7) is 3.64. The van der Waals surface area contributed by atoms with E-state index in [4.69, 9.17) is 5.11 Å². The van der Waals surface area contributed by atoms with Gasteiger partial charge in [0.1, 0.15) is 0 Å². The molecular weight excluding hydrogens is 202 g/mol. The molecule has 0 saturated heterocycles. The highest BCUT2D eigenvalue weighted by atomic mass is 16.4. The molecule has 1 atom stereocenters. The quantitative estimate of drug-likeness (QED) is 0.759. The molecule has 16 heavy (non-hydrogen) atoms. The van der Waals surface area contributed by atoms with E-state index < -0.39 is 11.4 Å². The average molecular weight is 227 g/mol. The van der Waals surface area contributed by atoms with Crippen molar-refractivity contribution in [1.29, 1.82) is 0 Å². The number of nitrogens with one attached hydrogen (secondary N) is 1.